The molecule has 0 saturated carbocycles. The minimum Gasteiger partial charge on any atom is -0.496 e. The Balaban J connectivity index is 2.30. The smallest absolute Gasteiger partial charge is 0.318 e. The number of carbonyl (C=O) groups excluding carboxylic acids is 1. The van der Waals surface area contributed by atoms with Gasteiger partial charge in [0.25, 0.3) is 0 Å². The van der Waals surface area contributed by atoms with Gasteiger partial charge in [-0.2, -0.15) is 5.10 Å². The summed E-state index contributed by atoms with van der Waals surface area (Å²) in [5.74, 6) is 0.0743. The standard InChI is InChI=1S/C14H13N3O4/c1-16-9-11(17(19)20)14(15-16)12(18)8-7-10-5-3-4-6-13(10)21-2/h3-9H,1-2H3/b8-7+. The Labute approximate surface area is 120 Å². The highest BCUT2D eigenvalue weighted by atomic mass is 16.6. The second-order valence-corrected chi connectivity index (χ2v) is 4.23. The Morgan fingerprint density at radius 1 is 1.43 bits per heavy atom. The summed E-state index contributed by atoms with van der Waals surface area (Å²) in [5, 5.41) is 14.7. The van der Waals surface area contributed by atoms with Crippen molar-refractivity contribution in [2.24, 2.45) is 7.05 Å². The summed E-state index contributed by atoms with van der Waals surface area (Å²) in [6.45, 7) is 0. The minimum atomic E-state index is -0.628. The summed E-state index contributed by atoms with van der Waals surface area (Å²) in [7, 11) is 3.05. The number of rotatable bonds is 5. The number of hydrogen-bond donors (Lipinski definition) is 0. The first-order valence-electron chi connectivity index (χ1n) is 6.06. The average molecular weight is 287 g/mol. The van der Waals surface area contributed by atoms with Crippen LogP contribution in [0.25, 0.3) is 6.08 Å². The van der Waals surface area contributed by atoms with E-state index >= 15 is 0 Å². The van der Waals surface area contributed by atoms with Gasteiger partial charge in [0.15, 0.2) is 0 Å². The van der Waals surface area contributed by atoms with Crippen LogP contribution >= 0.6 is 0 Å². The lowest BCUT2D eigenvalue weighted by atomic mass is 10.1. The zero-order chi connectivity index (χ0) is 15.4. The molecule has 2 rings (SSSR count). The molecule has 1 aromatic carbocycles. The van der Waals surface area contributed by atoms with E-state index in [4.69, 9.17) is 4.74 Å². The van der Waals surface area contributed by atoms with E-state index in [-0.39, 0.29) is 11.4 Å². The fraction of sp³-hybridized carbons (Fsp3) is 0.143. The number of aromatic nitrogens is 2. The van der Waals surface area contributed by atoms with Gasteiger partial charge in [0.05, 0.1) is 12.0 Å². The molecule has 0 amide bonds. The van der Waals surface area contributed by atoms with E-state index in [2.05, 4.69) is 5.10 Å². The predicted octanol–water partition coefficient (Wildman–Crippen LogP) is 2.23. The first kappa shape index (κ1) is 14.4. The largest absolute Gasteiger partial charge is 0.496 e. The number of nitrogens with zero attached hydrogens (tertiary/aromatic N) is 3. The van der Waals surface area contributed by atoms with Gasteiger partial charge in [-0.1, -0.05) is 18.2 Å². The van der Waals surface area contributed by atoms with Crippen LogP contribution in [0.5, 0.6) is 5.75 Å². The van der Waals surface area contributed by atoms with E-state index in [1.165, 1.54) is 31.1 Å². The third-order valence-electron chi connectivity index (χ3n) is 2.79. The molecule has 0 radical (unpaired) electrons. The number of aryl methyl sites for hydroxylation is 1. The van der Waals surface area contributed by atoms with E-state index in [9.17, 15) is 14.9 Å². The molecule has 0 spiro atoms. The SMILES string of the molecule is COc1ccccc1/C=C/C(=O)c1nn(C)cc1[N+](=O)[O-]. The van der Waals surface area contributed by atoms with Crippen molar-refractivity contribution in [3.8, 4) is 5.75 Å². The van der Waals surface area contributed by atoms with E-state index in [1.54, 1.807) is 24.3 Å². The van der Waals surface area contributed by atoms with Gasteiger partial charge < -0.3 is 4.74 Å². The van der Waals surface area contributed by atoms with Crippen molar-refractivity contribution >= 4 is 17.5 Å². The molecule has 0 fully saturated rings. The maximum absolute atomic E-state index is 12.0. The summed E-state index contributed by atoms with van der Waals surface area (Å²) in [6.07, 6.45) is 3.98. The van der Waals surface area contributed by atoms with Gasteiger partial charge in [0.2, 0.25) is 11.5 Å². The number of benzene rings is 1. The summed E-state index contributed by atoms with van der Waals surface area (Å²) < 4.78 is 6.40. The van der Waals surface area contributed by atoms with E-state index in [0.717, 1.165) is 0 Å². The van der Waals surface area contributed by atoms with Crippen LogP contribution in [0.3, 0.4) is 0 Å². The van der Waals surface area contributed by atoms with Gasteiger partial charge >= 0.3 is 5.69 Å². The summed E-state index contributed by atoms with van der Waals surface area (Å²) in [4.78, 5) is 22.3. The third-order valence-corrected chi connectivity index (χ3v) is 2.79. The molecule has 0 saturated heterocycles. The summed E-state index contributed by atoms with van der Waals surface area (Å²) in [5.41, 5.74) is 0.202. The molecule has 0 unspecified atom stereocenters. The molecule has 0 aliphatic carbocycles. The quantitative estimate of drug-likeness (QED) is 0.364. The Bertz CT molecular complexity index is 719. The van der Waals surface area contributed by atoms with Crippen LogP contribution in [0.1, 0.15) is 16.1 Å². The van der Waals surface area contributed by atoms with Gasteiger partial charge in [-0.3, -0.25) is 19.6 Å². The number of allylic oxidation sites excluding steroid dienone is 1. The average Bonchev–Trinajstić information content (AvgIpc) is 2.87. The molecule has 21 heavy (non-hydrogen) atoms. The zero-order valence-electron chi connectivity index (χ0n) is 11.5. The van der Waals surface area contributed by atoms with Gasteiger partial charge in [-0.15, -0.1) is 0 Å². The Hall–Kier alpha value is -2.96. The second kappa shape index (κ2) is 6.00. The topological polar surface area (TPSA) is 87.3 Å². The molecule has 0 aliphatic rings. The van der Waals surface area contributed by atoms with Crippen molar-refractivity contribution in [3.63, 3.8) is 0 Å². The van der Waals surface area contributed by atoms with Crippen LogP contribution in [-0.4, -0.2) is 27.6 Å². The first-order valence-corrected chi connectivity index (χ1v) is 6.06. The molecule has 7 nitrogen and oxygen atoms in total. The summed E-state index contributed by atoms with van der Waals surface area (Å²) >= 11 is 0. The Kier molecular flexibility index (Phi) is 4.13. The molecular formula is C14H13N3O4. The third kappa shape index (κ3) is 3.14. The van der Waals surface area contributed by atoms with Crippen LogP contribution in [0, 0.1) is 10.1 Å². The molecule has 108 valence electrons. The molecule has 0 bridgehead atoms. The summed E-state index contributed by atoms with van der Waals surface area (Å²) in [6, 6.07) is 7.14. The first-order chi connectivity index (χ1) is 10.0. The lowest BCUT2D eigenvalue weighted by Crippen LogP contribution is -2.01. The second-order valence-electron chi connectivity index (χ2n) is 4.23. The molecule has 0 atom stereocenters. The van der Waals surface area contributed by atoms with Gasteiger partial charge in [0.1, 0.15) is 11.9 Å². The highest BCUT2D eigenvalue weighted by Gasteiger charge is 2.23. The number of carbonyl (C=O) groups is 1. The van der Waals surface area contributed by atoms with Crippen molar-refractivity contribution in [1.29, 1.82) is 0 Å². The number of ketones is 1. The van der Waals surface area contributed by atoms with Crippen LogP contribution < -0.4 is 4.74 Å². The molecule has 1 heterocycles. The highest BCUT2D eigenvalue weighted by Crippen LogP contribution is 2.20. The highest BCUT2D eigenvalue weighted by molar-refractivity contribution is 6.08. The lowest BCUT2D eigenvalue weighted by molar-refractivity contribution is -0.385. The van der Waals surface area contributed by atoms with Gasteiger partial charge in [-0.05, 0) is 18.2 Å². The number of ether oxygens (including phenoxy) is 1. The van der Waals surface area contributed by atoms with Crippen molar-refractivity contribution in [3.05, 3.63) is 57.9 Å². The maximum Gasteiger partial charge on any atom is 0.318 e. The molecule has 2 aromatic rings. The van der Waals surface area contributed by atoms with Crippen LogP contribution in [0.15, 0.2) is 36.5 Å². The predicted molar refractivity (Wildman–Crippen MR) is 76.2 cm³/mol. The van der Waals surface area contributed by atoms with Gasteiger partial charge in [0, 0.05) is 12.6 Å². The molecule has 1 aromatic heterocycles. The normalized spacial score (nSPS) is 10.8. The molecule has 7 heteroatoms. The van der Waals surface area contributed by atoms with Crippen molar-refractivity contribution in [2.75, 3.05) is 7.11 Å². The molecular weight excluding hydrogens is 274 g/mol. The molecule has 0 aliphatic heterocycles. The number of para-hydroxylation sites is 1. The maximum atomic E-state index is 12.0. The zero-order valence-corrected chi connectivity index (χ0v) is 11.5. The fourth-order valence-electron chi connectivity index (χ4n) is 1.83. The monoisotopic (exact) mass is 287 g/mol. The molecule has 0 N–H and O–H groups in total. The van der Waals surface area contributed by atoms with Crippen LogP contribution in [-0.2, 0) is 7.05 Å². The van der Waals surface area contributed by atoms with E-state index in [0.29, 0.717) is 11.3 Å². The van der Waals surface area contributed by atoms with Crippen LogP contribution in [0.2, 0.25) is 0 Å². The Morgan fingerprint density at radius 2 is 2.14 bits per heavy atom. The van der Waals surface area contributed by atoms with Crippen molar-refractivity contribution < 1.29 is 14.5 Å². The van der Waals surface area contributed by atoms with Crippen molar-refractivity contribution in [2.45, 2.75) is 0 Å². The van der Waals surface area contributed by atoms with E-state index in [1.807, 2.05) is 6.07 Å². The minimum absolute atomic E-state index is 0.186. The lowest BCUT2D eigenvalue weighted by Gasteiger charge is -2.02. The number of methoxy groups -OCH3 is 1. The number of hydrogen-bond acceptors (Lipinski definition) is 5. The van der Waals surface area contributed by atoms with Crippen LogP contribution in [0.4, 0.5) is 5.69 Å². The Morgan fingerprint density at radius 3 is 2.81 bits per heavy atom. The van der Waals surface area contributed by atoms with E-state index < -0.39 is 10.7 Å². The van der Waals surface area contributed by atoms with Gasteiger partial charge in [-0.25, -0.2) is 0 Å². The fourth-order valence-corrected chi connectivity index (χ4v) is 1.83. The number of nitro groups is 1. The van der Waals surface area contributed by atoms with Crippen molar-refractivity contribution in [1.82, 2.24) is 9.78 Å².